The predicted molar refractivity (Wildman–Crippen MR) is 109 cm³/mol. The number of hydrogen-bond acceptors (Lipinski definition) is 4. The van der Waals surface area contributed by atoms with Gasteiger partial charge in [-0.25, -0.2) is 0 Å². The third kappa shape index (κ3) is 8.35. The zero-order chi connectivity index (χ0) is 16.9. The first-order valence-electron chi connectivity index (χ1n) is 7.17. The van der Waals surface area contributed by atoms with Crippen molar-refractivity contribution < 1.29 is 36.4 Å². The average Bonchev–Trinajstić information content (AvgIpc) is 2.45. The minimum atomic E-state index is 0. The molecule has 0 aliphatic carbocycles. The van der Waals surface area contributed by atoms with Crippen molar-refractivity contribution in [1.29, 1.82) is 0 Å². The van der Waals surface area contributed by atoms with Crippen LogP contribution in [0.25, 0.3) is 0 Å². The van der Waals surface area contributed by atoms with Crippen LogP contribution in [0.3, 0.4) is 0 Å². The topological polar surface area (TPSA) is 46.9 Å². The Bertz CT molecular complexity index is 583. The Hall–Kier alpha value is -0.897. The Kier molecular flexibility index (Phi) is 15.4. The first-order valence-corrected chi connectivity index (χ1v) is 7.17. The van der Waals surface area contributed by atoms with Gasteiger partial charge in [-0.15, -0.1) is 24.8 Å². The van der Waals surface area contributed by atoms with Gasteiger partial charge in [-0.3, -0.25) is 0 Å². The van der Waals surface area contributed by atoms with Gasteiger partial charge in [0.2, 0.25) is 0 Å². The van der Waals surface area contributed by atoms with Crippen molar-refractivity contribution in [3.63, 3.8) is 0 Å². The van der Waals surface area contributed by atoms with Crippen LogP contribution in [-0.4, -0.2) is 38.4 Å². The van der Waals surface area contributed by atoms with E-state index in [4.69, 9.17) is 0 Å². The Morgan fingerprint density at radius 3 is 1.12 bits per heavy atom. The number of hydrogen-bond donors (Lipinski definition) is 2. The first kappa shape index (κ1) is 28.9. The fourth-order valence-electron chi connectivity index (χ4n) is 2.01. The smallest absolute Gasteiger partial charge is 0.141 e. The van der Waals surface area contributed by atoms with Gasteiger partial charge < -0.3 is 20.0 Å². The second-order valence-corrected chi connectivity index (χ2v) is 5.67. The molecule has 0 spiro atoms. The number of aryl methyl sites for hydroxylation is 2. The summed E-state index contributed by atoms with van der Waals surface area (Å²) in [6.07, 6.45) is 0. The zero-order valence-electron chi connectivity index (χ0n) is 15.6. The molecule has 0 heterocycles. The van der Waals surface area contributed by atoms with E-state index in [1.165, 1.54) is 0 Å². The van der Waals surface area contributed by atoms with Crippen LogP contribution < -0.4 is 9.80 Å². The van der Waals surface area contributed by atoms with Crippen molar-refractivity contribution in [3.8, 4) is 11.5 Å². The SMILES string of the molecule is Cc1cccc(N(C)C)c1O.Cc1cccc(N(C)C)c1O.Cl.Cl.[Zr]. The average molecular weight is 467 g/mol. The Morgan fingerprint density at radius 1 is 0.640 bits per heavy atom. The largest absolute Gasteiger partial charge is 0.505 e. The van der Waals surface area contributed by atoms with Crippen LogP contribution in [0.15, 0.2) is 36.4 Å². The molecule has 2 rings (SSSR count). The number of rotatable bonds is 2. The van der Waals surface area contributed by atoms with Gasteiger partial charge in [-0.2, -0.15) is 0 Å². The molecule has 2 aromatic rings. The molecule has 0 atom stereocenters. The van der Waals surface area contributed by atoms with Crippen LogP contribution in [-0.2, 0) is 26.2 Å². The van der Waals surface area contributed by atoms with Crippen LogP contribution >= 0.6 is 24.8 Å². The molecule has 0 fully saturated rings. The van der Waals surface area contributed by atoms with Crippen LogP contribution in [0.5, 0.6) is 11.5 Å². The van der Waals surface area contributed by atoms with E-state index in [0.717, 1.165) is 22.5 Å². The number of halogens is 2. The van der Waals surface area contributed by atoms with Gasteiger partial charge in [0.15, 0.2) is 0 Å². The van der Waals surface area contributed by atoms with Gasteiger partial charge in [0, 0.05) is 54.4 Å². The molecule has 0 bridgehead atoms. The Balaban J connectivity index is -0.000000346. The van der Waals surface area contributed by atoms with Crippen molar-refractivity contribution >= 4 is 36.2 Å². The summed E-state index contributed by atoms with van der Waals surface area (Å²) in [5.41, 5.74) is 3.56. The number of aromatic hydroxyl groups is 2. The number of benzene rings is 2. The molecule has 2 N–H and O–H groups in total. The van der Waals surface area contributed by atoms with Crippen molar-refractivity contribution in [2.45, 2.75) is 13.8 Å². The normalized spacial score (nSPS) is 8.56. The van der Waals surface area contributed by atoms with Crippen molar-refractivity contribution in [2.24, 2.45) is 0 Å². The molecule has 0 amide bonds. The van der Waals surface area contributed by atoms with E-state index in [1.54, 1.807) is 0 Å². The summed E-state index contributed by atoms with van der Waals surface area (Å²) in [5.74, 6) is 0.745. The fourth-order valence-corrected chi connectivity index (χ4v) is 2.01. The molecule has 0 aliphatic heterocycles. The van der Waals surface area contributed by atoms with E-state index in [9.17, 15) is 10.2 Å². The third-order valence-corrected chi connectivity index (χ3v) is 3.40. The Morgan fingerprint density at radius 2 is 0.920 bits per heavy atom. The maximum absolute atomic E-state index is 9.53. The molecule has 2 aromatic carbocycles. The predicted octanol–water partition coefficient (Wildman–Crippen LogP) is 4.37. The molecule has 140 valence electrons. The van der Waals surface area contributed by atoms with Crippen LogP contribution in [0.2, 0.25) is 0 Å². The van der Waals surface area contributed by atoms with Crippen LogP contribution in [0.4, 0.5) is 11.4 Å². The van der Waals surface area contributed by atoms with E-state index in [-0.39, 0.29) is 51.0 Å². The molecule has 7 heteroatoms. The number of para-hydroxylation sites is 2. The summed E-state index contributed by atoms with van der Waals surface area (Å²) >= 11 is 0. The van der Waals surface area contributed by atoms with Gasteiger partial charge in [0.25, 0.3) is 0 Å². The van der Waals surface area contributed by atoms with Crippen molar-refractivity contribution in [3.05, 3.63) is 47.5 Å². The van der Waals surface area contributed by atoms with Crippen LogP contribution in [0.1, 0.15) is 11.1 Å². The summed E-state index contributed by atoms with van der Waals surface area (Å²) in [4.78, 5) is 3.78. The van der Waals surface area contributed by atoms with E-state index in [1.807, 2.05) is 88.2 Å². The summed E-state index contributed by atoms with van der Waals surface area (Å²) in [6, 6.07) is 11.4. The summed E-state index contributed by atoms with van der Waals surface area (Å²) < 4.78 is 0. The maximum atomic E-state index is 9.53. The molecule has 0 radical (unpaired) electrons. The van der Waals surface area contributed by atoms with Crippen LogP contribution in [0, 0.1) is 13.8 Å². The quantitative estimate of drug-likeness (QED) is 0.690. The molecule has 4 nitrogen and oxygen atoms in total. The second-order valence-electron chi connectivity index (χ2n) is 5.67. The summed E-state index contributed by atoms with van der Waals surface area (Å²) in [6.45, 7) is 3.78. The molecule has 0 saturated heterocycles. The molecule has 0 unspecified atom stereocenters. The van der Waals surface area contributed by atoms with Crippen molar-refractivity contribution in [1.82, 2.24) is 0 Å². The minimum Gasteiger partial charge on any atom is -0.505 e. The molecule has 25 heavy (non-hydrogen) atoms. The number of anilines is 2. The molecular weight excluding hydrogens is 438 g/mol. The van der Waals surface area contributed by atoms with Gasteiger partial charge in [0.1, 0.15) is 11.5 Å². The number of nitrogens with zero attached hydrogens (tertiary/aromatic N) is 2. The minimum absolute atomic E-state index is 0. The van der Waals surface area contributed by atoms with Gasteiger partial charge in [0.05, 0.1) is 11.4 Å². The summed E-state index contributed by atoms with van der Waals surface area (Å²) in [5, 5.41) is 19.1. The van der Waals surface area contributed by atoms with Crippen molar-refractivity contribution in [2.75, 3.05) is 38.0 Å². The zero-order valence-corrected chi connectivity index (χ0v) is 19.7. The van der Waals surface area contributed by atoms with Gasteiger partial charge >= 0.3 is 0 Å². The fraction of sp³-hybridized carbons (Fsp3) is 0.333. The molecule has 0 aliphatic rings. The molecular formula is C18H28Cl2N2O2Zr. The van der Waals surface area contributed by atoms with E-state index < -0.39 is 0 Å². The summed E-state index contributed by atoms with van der Waals surface area (Å²) in [7, 11) is 7.64. The van der Waals surface area contributed by atoms with E-state index >= 15 is 0 Å². The van der Waals surface area contributed by atoms with E-state index in [2.05, 4.69) is 0 Å². The first-order chi connectivity index (χ1) is 10.3. The maximum Gasteiger partial charge on any atom is 0.141 e. The molecule has 0 saturated carbocycles. The van der Waals surface area contributed by atoms with E-state index in [0.29, 0.717) is 11.5 Å². The van der Waals surface area contributed by atoms with Gasteiger partial charge in [-0.05, 0) is 37.1 Å². The number of phenolic OH excluding ortho intramolecular Hbond substituents is 2. The second kappa shape index (κ2) is 13.3. The monoisotopic (exact) mass is 464 g/mol. The Labute approximate surface area is 182 Å². The standard InChI is InChI=1S/2C9H13NO.2ClH.Zr/c2*1-7-5-4-6-8(9(7)11)10(2)3;;;/h2*4-6,11H,1-3H3;2*1H;. The molecule has 0 aromatic heterocycles. The van der Waals surface area contributed by atoms with Gasteiger partial charge in [-0.1, -0.05) is 24.3 Å². The third-order valence-electron chi connectivity index (χ3n) is 3.40. The number of phenols is 2.